The van der Waals surface area contributed by atoms with Gasteiger partial charge < -0.3 is 15.2 Å². The fraction of sp³-hybridized carbons (Fsp3) is 0.152. The predicted molar refractivity (Wildman–Crippen MR) is 163 cm³/mol. The normalized spacial score (nSPS) is 13.1. The van der Waals surface area contributed by atoms with Crippen LogP contribution in [0.4, 0.5) is 11.6 Å². The highest BCUT2D eigenvalue weighted by molar-refractivity contribution is 6.15. The Bertz CT molecular complexity index is 1810. The molecule has 3 aromatic carbocycles. The molecule has 40 heavy (non-hydrogen) atoms. The molecule has 2 N–H and O–H groups in total. The Kier molecular flexibility index (Phi) is 6.48. The molecule has 0 saturated heterocycles. The summed E-state index contributed by atoms with van der Waals surface area (Å²) in [4.78, 5) is 32.6. The number of para-hydroxylation sites is 1. The van der Waals surface area contributed by atoms with Gasteiger partial charge in [0.25, 0.3) is 5.91 Å². The van der Waals surface area contributed by atoms with Crippen LogP contribution in [0.2, 0.25) is 0 Å². The molecule has 1 aliphatic heterocycles. The van der Waals surface area contributed by atoms with Gasteiger partial charge in [0, 0.05) is 36.0 Å². The van der Waals surface area contributed by atoms with Crippen LogP contribution >= 0.6 is 0 Å². The Hall–Kier alpha value is -5.04. The summed E-state index contributed by atoms with van der Waals surface area (Å²) in [7, 11) is 1.73. The average Bonchev–Trinajstić information content (AvgIpc) is 3.55. The minimum atomic E-state index is 0.00629. The first-order chi connectivity index (χ1) is 19.4. The number of hydrogen-bond donors (Lipinski definition) is 2. The van der Waals surface area contributed by atoms with Crippen LogP contribution in [0.5, 0.6) is 0 Å². The lowest BCUT2D eigenvalue weighted by Gasteiger charge is -2.17. The number of hydrogen-bond acceptors (Lipinski definition) is 4. The summed E-state index contributed by atoms with van der Waals surface area (Å²) in [5.74, 6) is 1.17. The van der Waals surface area contributed by atoms with Gasteiger partial charge in [-0.3, -0.25) is 9.79 Å². The fourth-order valence-corrected chi connectivity index (χ4v) is 5.29. The lowest BCUT2D eigenvalue weighted by atomic mass is 9.97. The highest BCUT2D eigenvalue weighted by atomic mass is 16.2. The number of H-pyrrole nitrogens is 1. The third-order valence-electron chi connectivity index (χ3n) is 7.17. The smallest absolute Gasteiger partial charge is 0.259 e. The molecular formula is C33H30N6O. The first-order valence-electron chi connectivity index (χ1n) is 13.3. The van der Waals surface area contributed by atoms with Crippen LogP contribution < -0.4 is 10.2 Å². The Morgan fingerprint density at radius 2 is 1.77 bits per heavy atom. The van der Waals surface area contributed by atoms with Crippen LogP contribution in [-0.2, 0) is 6.54 Å². The second-order valence-electron chi connectivity index (χ2n) is 10.2. The van der Waals surface area contributed by atoms with Crippen LogP contribution in [0.25, 0.3) is 33.3 Å². The molecule has 0 fully saturated rings. The van der Waals surface area contributed by atoms with E-state index < -0.39 is 0 Å². The van der Waals surface area contributed by atoms with E-state index in [0.717, 1.165) is 61.2 Å². The van der Waals surface area contributed by atoms with Crippen LogP contribution in [-0.4, -0.2) is 33.7 Å². The number of benzene rings is 3. The zero-order valence-corrected chi connectivity index (χ0v) is 23.0. The number of rotatable bonds is 5. The number of amides is 1. The molecule has 0 saturated carbocycles. The van der Waals surface area contributed by atoms with E-state index in [4.69, 9.17) is 4.98 Å². The largest absolute Gasteiger partial charge is 0.359 e. The summed E-state index contributed by atoms with van der Waals surface area (Å²) in [5, 5.41) is 4.21. The van der Waals surface area contributed by atoms with Gasteiger partial charge in [0.2, 0.25) is 5.95 Å². The topological polar surface area (TPSA) is 86.3 Å². The molecule has 0 radical (unpaired) electrons. The maximum absolute atomic E-state index is 13.7. The molecule has 0 spiro atoms. The van der Waals surface area contributed by atoms with Gasteiger partial charge in [-0.2, -0.15) is 0 Å². The van der Waals surface area contributed by atoms with E-state index in [9.17, 15) is 4.79 Å². The van der Waals surface area contributed by atoms with Gasteiger partial charge in [-0.15, -0.1) is 0 Å². The van der Waals surface area contributed by atoms with E-state index in [2.05, 4.69) is 44.5 Å². The molecule has 6 rings (SSSR count). The van der Waals surface area contributed by atoms with Gasteiger partial charge in [-0.25, -0.2) is 9.97 Å². The number of nitrogens with zero attached hydrogens (tertiary/aromatic N) is 4. The predicted octanol–water partition coefficient (Wildman–Crippen LogP) is 7.17. The SMILES string of the molecule is CN=C(C=C(C)C)Nc1ncc(C)c(-c2c[nH]c3c(N4Cc5c(cccc5-c5ccccc5)C4=O)cccc23)n1. The Morgan fingerprint density at radius 3 is 2.55 bits per heavy atom. The van der Waals surface area contributed by atoms with Gasteiger partial charge in [0.05, 0.1) is 23.4 Å². The van der Waals surface area contributed by atoms with Crippen molar-refractivity contribution in [3.8, 4) is 22.4 Å². The number of carbonyl (C=O) groups excluding carboxylic acids is 1. The van der Waals surface area contributed by atoms with Crippen LogP contribution in [0.3, 0.4) is 0 Å². The molecule has 1 amide bonds. The lowest BCUT2D eigenvalue weighted by molar-refractivity contribution is 0.0997. The first kappa shape index (κ1) is 25.2. The summed E-state index contributed by atoms with van der Waals surface area (Å²) in [5.41, 5.74) is 9.58. The summed E-state index contributed by atoms with van der Waals surface area (Å²) in [6.45, 7) is 6.54. The van der Waals surface area contributed by atoms with Crippen molar-refractivity contribution in [3.63, 3.8) is 0 Å². The highest BCUT2D eigenvalue weighted by Gasteiger charge is 2.32. The fourth-order valence-electron chi connectivity index (χ4n) is 5.29. The number of anilines is 2. The van der Waals surface area contributed by atoms with Gasteiger partial charge >= 0.3 is 0 Å². The molecule has 2 aromatic heterocycles. The molecule has 0 bridgehead atoms. The molecule has 7 nitrogen and oxygen atoms in total. The van der Waals surface area contributed by atoms with E-state index in [1.54, 1.807) is 7.05 Å². The van der Waals surface area contributed by atoms with E-state index in [1.165, 1.54) is 0 Å². The van der Waals surface area contributed by atoms with E-state index in [-0.39, 0.29) is 5.91 Å². The van der Waals surface area contributed by atoms with Crippen molar-refractivity contribution in [1.29, 1.82) is 0 Å². The Labute approximate surface area is 233 Å². The van der Waals surface area contributed by atoms with Crippen molar-refractivity contribution in [3.05, 3.63) is 107 Å². The summed E-state index contributed by atoms with van der Waals surface area (Å²) in [6, 6.07) is 22.3. The maximum atomic E-state index is 13.7. The molecule has 7 heteroatoms. The summed E-state index contributed by atoms with van der Waals surface area (Å²) < 4.78 is 0. The number of aryl methyl sites for hydroxylation is 1. The molecule has 5 aromatic rings. The van der Waals surface area contributed by atoms with Crippen LogP contribution in [0, 0.1) is 6.92 Å². The molecular weight excluding hydrogens is 496 g/mol. The quantitative estimate of drug-likeness (QED) is 0.188. The number of allylic oxidation sites excluding steroid dienone is 1. The van der Waals surface area contributed by atoms with Crippen molar-refractivity contribution < 1.29 is 4.79 Å². The van der Waals surface area contributed by atoms with Crippen molar-refractivity contribution in [2.45, 2.75) is 27.3 Å². The maximum Gasteiger partial charge on any atom is 0.259 e. The first-order valence-corrected chi connectivity index (χ1v) is 13.3. The molecule has 1 aliphatic rings. The standard InChI is InChI=1S/C33H30N6O/c1-20(2)16-29(34-4)37-33-36-17-21(3)30(38-33)26-18-35-31-24(26)13-9-15-28(31)39-19-27-23(22-10-6-5-7-11-22)12-8-14-25(27)32(39)40/h5-18,35H,19H2,1-4H3,(H,34,36,37,38). The van der Waals surface area contributed by atoms with Gasteiger partial charge in [-0.05, 0) is 61.2 Å². The van der Waals surface area contributed by atoms with Crippen molar-refractivity contribution in [2.24, 2.45) is 4.99 Å². The minimum Gasteiger partial charge on any atom is -0.359 e. The monoisotopic (exact) mass is 526 g/mol. The number of fused-ring (bicyclic) bond motifs is 2. The van der Waals surface area contributed by atoms with Gasteiger partial charge in [-0.1, -0.05) is 60.2 Å². The van der Waals surface area contributed by atoms with E-state index in [0.29, 0.717) is 18.3 Å². The van der Waals surface area contributed by atoms with Crippen LogP contribution in [0.15, 0.2) is 95.8 Å². The van der Waals surface area contributed by atoms with Crippen molar-refractivity contribution in [1.82, 2.24) is 15.0 Å². The molecule has 198 valence electrons. The summed E-state index contributed by atoms with van der Waals surface area (Å²) >= 11 is 0. The number of aromatic amines is 1. The van der Waals surface area contributed by atoms with Gasteiger partial charge in [0.15, 0.2) is 0 Å². The van der Waals surface area contributed by atoms with Crippen molar-refractivity contribution >= 4 is 34.3 Å². The number of amidine groups is 1. The minimum absolute atomic E-state index is 0.00629. The Balaban J connectivity index is 1.38. The van der Waals surface area contributed by atoms with E-state index >= 15 is 0 Å². The second-order valence-corrected chi connectivity index (χ2v) is 10.2. The van der Waals surface area contributed by atoms with Crippen molar-refractivity contribution in [2.75, 3.05) is 17.3 Å². The number of nitrogens with one attached hydrogen (secondary N) is 2. The molecule has 0 atom stereocenters. The third-order valence-corrected chi connectivity index (χ3v) is 7.17. The number of carbonyl (C=O) groups is 1. The summed E-state index contributed by atoms with van der Waals surface area (Å²) in [6.07, 6.45) is 5.73. The highest BCUT2D eigenvalue weighted by Crippen LogP contribution is 2.39. The number of aromatic nitrogens is 3. The third kappa shape index (κ3) is 4.45. The molecule has 3 heterocycles. The molecule has 0 aliphatic carbocycles. The second kappa shape index (κ2) is 10.3. The van der Waals surface area contributed by atoms with Gasteiger partial charge in [0.1, 0.15) is 5.84 Å². The van der Waals surface area contributed by atoms with Crippen LogP contribution in [0.1, 0.15) is 35.3 Å². The van der Waals surface area contributed by atoms with E-state index in [1.807, 2.05) is 86.6 Å². The number of aliphatic imine (C=N–C) groups is 1. The zero-order valence-electron chi connectivity index (χ0n) is 23.0. The lowest BCUT2D eigenvalue weighted by Crippen LogP contribution is -2.23. The average molecular weight is 527 g/mol. The molecule has 0 unspecified atom stereocenters. The Morgan fingerprint density at radius 1 is 1.00 bits per heavy atom. The zero-order chi connectivity index (χ0) is 27.8.